The number of carboxylic acid groups (broad SMARTS) is 1. The summed E-state index contributed by atoms with van der Waals surface area (Å²) in [7, 11) is 1.98. The summed E-state index contributed by atoms with van der Waals surface area (Å²) >= 11 is 7.78. The molecule has 1 N–H and O–H groups in total. The van der Waals surface area contributed by atoms with Gasteiger partial charge in [-0.25, -0.2) is 14.8 Å². The SMILES string of the molecule is Cc1cc2nc(-c3ccc4c(n3)c(C3CCN(C5COC5)CC3)nn4C)sc2c(-c2ccc(Cl)cc2)c1[C@H](OC(C)(C)C)C(=O)O. The first-order valence-electron chi connectivity index (χ1n) is 15.7. The second-order valence-electron chi connectivity index (χ2n) is 13.4. The highest BCUT2D eigenvalue weighted by atomic mass is 35.5. The number of ether oxygens (including phenoxy) is 2. The lowest BCUT2D eigenvalue weighted by Gasteiger charge is -2.41. The average Bonchev–Trinajstić information content (AvgIpc) is 3.55. The van der Waals surface area contributed by atoms with E-state index >= 15 is 0 Å². The summed E-state index contributed by atoms with van der Waals surface area (Å²) in [6.07, 6.45) is 0.920. The smallest absolute Gasteiger partial charge is 0.337 e. The molecule has 3 aromatic heterocycles. The Hall–Kier alpha value is -3.41. The zero-order chi connectivity index (χ0) is 32.3. The molecule has 11 heteroatoms. The molecule has 0 aliphatic carbocycles. The van der Waals surface area contributed by atoms with Gasteiger partial charge in [-0.3, -0.25) is 9.58 Å². The summed E-state index contributed by atoms with van der Waals surface area (Å²) in [5.41, 5.74) is 6.90. The number of carbonyl (C=O) groups is 1. The van der Waals surface area contributed by atoms with Gasteiger partial charge in [-0.15, -0.1) is 11.3 Å². The van der Waals surface area contributed by atoms with Crippen LogP contribution in [0.15, 0.2) is 42.5 Å². The summed E-state index contributed by atoms with van der Waals surface area (Å²) in [5, 5.41) is 16.7. The summed E-state index contributed by atoms with van der Waals surface area (Å²) < 4.78 is 14.4. The molecule has 5 aromatic rings. The number of carboxylic acids is 1. The third kappa shape index (κ3) is 5.82. The number of thiazole rings is 1. The molecular weight excluding hydrogens is 622 g/mol. The molecule has 0 amide bonds. The van der Waals surface area contributed by atoms with E-state index < -0.39 is 17.7 Å². The molecular formula is C35H38ClN5O4S. The maximum absolute atomic E-state index is 12.7. The number of hydrogen-bond acceptors (Lipinski definition) is 8. The normalized spacial score (nSPS) is 17.5. The van der Waals surface area contributed by atoms with Crippen LogP contribution >= 0.6 is 22.9 Å². The van der Waals surface area contributed by atoms with E-state index in [1.807, 2.05) is 75.8 Å². The molecule has 9 nitrogen and oxygen atoms in total. The quantitative estimate of drug-likeness (QED) is 0.193. The number of benzene rings is 2. The molecule has 5 heterocycles. The maximum atomic E-state index is 12.7. The fraction of sp³-hybridized carbons (Fsp3) is 0.429. The fourth-order valence-corrected chi connectivity index (χ4v) is 7.90. The lowest BCUT2D eigenvalue weighted by molar-refractivity contribution is -0.160. The predicted molar refractivity (Wildman–Crippen MR) is 182 cm³/mol. The molecule has 2 aliphatic heterocycles. The zero-order valence-corrected chi connectivity index (χ0v) is 28.3. The lowest BCUT2D eigenvalue weighted by Crippen LogP contribution is -2.51. The van der Waals surface area contributed by atoms with Crippen LogP contribution in [-0.4, -0.2) is 73.7 Å². The van der Waals surface area contributed by atoms with Gasteiger partial charge in [0.15, 0.2) is 6.10 Å². The number of nitrogens with zero attached hydrogens (tertiary/aromatic N) is 5. The van der Waals surface area contributed by atoms with E-state index in [0.29, 0.717) is 22.5 Å². The molecule has 1 atom stereocenters. The summed E-state index contributed by atoms with van der Waals surface area (Å²) in [4.78, 5) is 25.5. The van der Waals surface area contributed by atoms with Crippen LogP contribution in [0.25, 0.3) is 43.1 Å². The van der Waals surface area contributed by atoms with E-state index in [1.165, 1.54) is 11.3 Å². The van der Waals surface area contributed by atoms with E-state index in [-0.39, 0.29) is 0 Å². The minimum Gasteiger partial charge on any atom is -0.479 e. The van der Waals surface area contributed by atoms with E-state index in [2.05, 4.69) is 11.0 Å². The van der Waals surface area contributed by atoms with E-state index in [0.717, 1.165) is 93.5 Å². The van der Waals surface area contributed by atoms with Crippen molar-refractivity contribution < 1.29 is 19.4 Å². The standard InChI is InChI=1S/C35H38ClN5O4S/c1-19-16-25-32(28(20-6-8-22(36)9-7-20)27(19)31(34(42)43)45-35(2,3)4)46-33(38-25)24-10-11-26-30(37-24)29(39-40(26)5)21-12-14-41(15-13-21)23-17-44-18-23/h6-11,16,21,23,31H,12-15,17-18H2,1-5H3,(H,42,43)/t31-/m0/s1. The number of halogens is 1. The number of hydrogen-bond donors (Lipinski definition) is 1. The molecule has 7 rings (SSSR count). The minimum atomic E-state index is -1.17. The Morgan fingerprint density at radius 2 is 1.83 bits per heavy atom. The van der Waals surface area contributed by atoms with Crippen LogP contribution in [0.2, 0.25) is 5.02 Å². The predicted octanol–water partition coefficient (Wildman–Crippen LogP) is 7.39. The largest absolute Gasteiger partial charge is 0.479 e. The molecule has 0 unspecified atom stereocenters. The number of piperidine rings is 1. The first-order valence-corrected chi connectivity index (χ1v) is 16.9. The molecule has 2 fully saturated rings. The van der Waals surface area contributed by atoms with E-state index in [1.54, 1.807) is 0 Å². The van der Waals surface area contributed by atoms with Gasteiger partial charge >= 0.3 is 5.97 Å². The minimum absolute atomic E-state index is 0.344. The van der Waals surface area contributed by atoms with Gasteiger partial charge in [-0.05, 0) is 95.1 Å². The van der Waals surface area contributed by atoms with Crippen molar-refractivity contribution in [2.45, 2.75) is 64.2 Å². The van der Waals surface area contributed by atoms with Gasteiger partial charge in [0, 0.05) is 29.1 Å². The van der Waals surface area contributed by atoms with Crippen LogP contribution in [0.5, 0.6) is 0 Å². The summed E-state index contributed by atoms with van der Waals surface area (Å²) in [6.45, 7) is 11.3. The van der Waals surface area contributed by atoms with Crippen LogP contribution in [0.4, 0.5) is 0 Å². The highest BCUT2D eigenvalue weighted by molar-refractivity contribution is 7.22. The van der Waals surface area contributed by atoms with Gasteiger partial charge < -0.3 is 14.6 Å². The number of rotatable bonds is 7. The summed E-state index contributed by atoms with van der Waals surface area (Å²) in [5.74, 6) is -0.697. The van der Waals surface area contributed by atoms with Gasteiger partial charge in [0.2, 0.25) is 0 Å². The monoisotopic (exact) mass is 659 g/mol. The van der Waals surface area contributed by atoms with Crippen molar-refractivity contribution in [2.75, 3.05) is 26.3 Å². The molecule has 240 valence electrons. The molecule has 0 bridgehead atoms. The van der Waals surface area contributed by atoms with Gasteiger partial charge in [0.05, 0.1) is 52.0 Å². The first-order chi connectivity index (χ1) is 22.0. The van der Waals surface area contributed by atoms with Crippen LogP contribution in [0.3, 0.4) is 0 Å². The fourth-order valence-electron chi connectivity index (χ4n) is 6.68. The molecule has 2 saturated heterocycles. The van der Waals surface area contributed by atoms with Crippen molar-refractivity contribution in [3.05, 3.63) is 64.3 Å². The van der Waals surface area contributed by atoms with Crippen LogP contribution in [0.1, 0.15) is 62.5 Å². The van der Waals surface area contributed by atoms with Crippen molar-refractivity contribution in [3.63, 3.8) is 0 Å². The van der Waals surface area contributed by atoms with E-state index in [9.17, 15) is 9.90 Å². The highest BCUT2D eigenvalue weighted by Crippen LogP contribution is 2.44. The van der Waals surface area contributed by atoms with Crippen molar-refractivity contribution in [1.82, 2.24) is 24.6 Å². The Kier molecular flexibility index (Phi) is 8.13. The zero-order valence-electron chi connectivity index (χ0n) is 26.7. The van der Waals surface area contributed by atoms with Crippen LogP contribution in [0, 0.1) is 6.92 Å². The second-order valence-corrected chi connectivity index (χ2v) is 14.8. The number of fused-ring (bicyclic) bond motifs is 2. The number of aromatic nitrogens is 4. The molecule has 0 saturated carbocycles. The van der Waals surface area contributed by atoms with Gasteiger partial charge in [0.1, 0.15) is 10.5 Å². The number of aliphatic carboxylic acids is 1. The van der Waals surface area contributed by atoms with Gasteiger partial charge in [0.25, 0.3) is 0 Å². The second kappa shape index (κ2) is 12.0. The number of pyridine rings is 1. The van der Waals surface area contributed by atoms with Crippen molar-refractivity contribution in [2.24, 2.45) is 7.05 Å². The number of likely N-dealkylation sites (tertiary alicyclic amines) is 1. The van der Waals surface area contributed by atoms with Gasteiger partial charge in [-0.2, -0.15) is 5.10 Å². The molecule has 2 aliphatic rings. The van der Waals surface area contributed by atoms with Gasteiger partial charge in [-0.1, -0.05) is 23.7 Å². The Balaban J connectivity index is 1.33. The Morgan fingerprint density at radius 1 is 1.11 bits per heavy atom. The Bertz CT molecular complexity index is 1940. The molecule has 0 radical (unpaired) electrons. The Labute approximate surface area is 277 Å². The average molecular weight is 660 g/mol. The van der Waals surface area contributed by atoms with Crippen molar-refractivity contribution in [3.8, 4) is 21.8 Å². The topological polar surface area (TPSA) is 103 Å². The molecule has 0 spiro atoms. The first kappa shape index (κ1) is 31.2. The third-order valence-electron chi connectivity index (χ3n) is 9.01. The Morgan fingerprint density at radius 3 is 2.46 bits per heavy atom. The molecule has 2 aromatic carbocycles. The third-order valence-corrected chi connectivity index (χ3v) is 10.4. The van der Waals surface area contributed by atoms with Crippen LogP contribution in [-0.2, 0) is 21.3 Å². The molecule has 46 heavy (non-hydrogen) atoms. The van der Waals surface area contributed by atoms with Crippen molar-refractivity contribution >= 4 is 50.2 Å². The highest BCUT2D eigenvalue weighted by Gasteiger charge is 2.34. The summed E-state index contributed by atoms with van der Waals surface area (Å²) in [6, 6.07) is 14.1. The maximum Gasteiger partial charge on any atom is 0.337 e. The number of aryl methyl sites for hydroxylation is 2. The van der Waals surface area contributed by atoms with E-state index in [4.69, 9.17) is 36.1 Å². The van der Waals surface area contributed by atoms with Crippen LogP contribution < -0.4 is 0 Å². The lowest BCUT2D eigenvalue weighted by atomic mass is 9.91. The van der Waals surface area contributed by atoms with Crippen molar-refractivity contribution in [1.29, 1.82) is 0 Å².